The molecule has 1 N–H and O–H groups in total. The molecular formula is C21H31F3N2O4. The van der Waals surface area contributed by atoms with Gasteiger partial charge in [0.2, 0.25) is 0 Å². The van der Waals surface area contributed by atoms with Gasteiger partial charge >= 0.3 is 12.1 Å². The van der Waals surface area contributed by atoms with Crippen molar-refractivity contribution in [2.45, 2.75) is 38.4 Å². The summed E-state index contributed by atoms with van der Waals surface area (Å²) in [6.07, 6.45) is 0.697. The van der Waals surface area contributed by atoms with Gasteiger partial charge in [0.1, 0.15) is 0 Å². The van der Waals surface area contributed by atoms with Gasteiger partial charge in [-0.25, -0.2) is 4.79 Å². The minimum Gasteiger partial charge on any atom is -0.493 e. The van der Waals surface area contributed by atoms with Gasteiger partial charge in [0, 0.05) is 44.8 Å². The van der Waals surface area contributed by atoms with Crippen LogP contribution < -0.4 is 9.47 Å². The molecule has 0 radical (unpaired) electrons. The van der Waals surface area contributed by atoms with Gasteiger partial charge in [0.25, 0.3) is 0 Å². The van der Waals surface area contributed by atoms with E-state index in [0.29, 0.717) is 0 Å². The Labute approximate surface area is 175 Å². The van der Waals surface area contributed by atoms with Crippen molar-refractivity contribution in [3.63, 3.8) is 0 Å². The Balaban J connectivity index is 0.000000396. The van der Waals surface area contributed by atoms with E-state index >= 15 is 0 Å². The number of alkyl halides is 3. The number of para-hydroxylation sites is 1. The van der Waals surface area contributed by atoms with E-state index in [9.17, 15) is 13.2 Å². The first-order valence-corrected chi connectivity index (χ1v) is 10.2. The molecule has 0 aromatic heterocycles. The van der Waals surface area contributed by atoms with Crippen molar-refractivity contribution < 1.29 is 32.5 Å². The molecule has 170 valence electrons. The number of carboxylic acid groups (broad SMARTS) is 1. The Hall–Kier alpha value is -2.00. The van der Waals surface area contributed by atoms with Crippen molar-refractivity contribution in [1.82, 2.24) is 9.80 Å². The van der Waals surface area contributed by atoms with Crippen LogP contribution in [0.3, 0.4) is 0 Å². The molecule has 0 bridgehead atoms. The number of nitrogens with zero attached hydrogens (tertiary/aromatic N) is 2. The van der Waals surface area contributed by atoms with Gasteiger partial charge in [0.05, 0.1) is 14.2 Å². The number of carbonyl (C=O) groups is 1. The molecule has 9 heteroatoms. The van der Waals surface area contributed by atoms with Crippen LogP contribution in [0.15, 0.2) is 18.2 Å². The van der Waals surface area contributed by atoms with Crippen LogP contribution in [0.4, 0.5) is 13.2 Å². The summed E-state index contributed by atoms with van der Waals surface area (Å²) in [5.41, 5.74) is 1.22. The second kappa shape index (κ2) is 11.4. The highest BCUT2D eigenvalue weighted by Gasteiger charge is 2.38. The minimum atomic E-state index is -5.08. The van der Waals surface area contributed by atoms with Gasteiger partial charge < -0.3 is 19.5 Å². The first-order valence-electron chi connectivity index (χ1n) is 10.2. The molecule has 1 heterocycles. The van der Waals surface area contributed by atoms with Gasteiger partial charge in [-0.1, -0.05) is 25.0 Å². The van der Waals surface area contributed by atoms with Crippen molar-refractivity contribution >= 4 is 5.97 Å². The number of hydrogen-bond acceptors (Lipinski definition) is 5. The second-order valence-electron chi connectivity index (χ2n) is 7.68. The summed E-state index contributed by atoms with van der Waals surface area (Å²) < 4.78 is 42.7. The number of rotatable bonds is 6. The SMILES string of the molecule is COc1cccc(CN2CCN(CC3CCCC3)CC2)c1OC.O=C(O)C(F)(F)F. The zero-order valence-electron chi connectivity index (χ0n) is 17.6. The van der Waals surface area contributed by atoms with Crippen LogP contribution in [0.1, 0.15) is 31.2 Å². The first-order chi connectivity index (χ1) is 14.2. The van der Waals surface area contributed by atoms with E-state index in [0.717, 1.165) is 37.1 Å². The average molecular weight is 432 g/mol. The fourth-order valence-corrected chi connectivity index (χ4v) is 4.01. The maximum atomic E-state index is 10.6. The summed E-state index contributed by atoms with van der Waals surface area (Å²) in [6, 6.07) is 6.15. The highest BCUT2D eigenvalue weighted by Crippen LogP contribution is 2.32. The summed E-state index contributed by atoms with van der Waals surface area (Å²) in [5.74, 6) is -0.0965. The molecule has 6 nitrogen and oxygen atoms in total. The van der Waals surface area contributed by atoms with Crippen LogP contribution in [0.5, 0.6) is 11.5 Å². The van der Waals surface area contributed by atoms with Crippen molar-refractivity contribution in [3.8, 4) is 11.5 Å². The number of carboxylic acids is 1. The summed E-state index contributed by atoms with van der Waals surface area (Å²) in [7, 11) is 3.42. The Morgan fingerprint density at radius 2 is 1.63 bits per heavy atom. The lowest BCUT2D eigenvalue weighted by Crippen LogP contribution is -2.47. The number of ether oxygens (including phenoxy) is 2. The zero-order chi connectivity index (χ0) is 22.1. The van der Waals surface area contributed by atoms with E-state index in [1.807, 2.05) is 12.1 Å². The van der Waals surface area contributed by atoms with Gasteiger partial charge in [0.15, 0.2) is 11.5 Å². The molecule has 0 spiro atoms. The molecule has 1 saturated carbocycles. The van der Waals surface area contributed by atoms with Gasteiger partial charge in [-0.2, -0.15) is 13.2 Å². The third-order valence-electron chi connectivity index (χ3n) is 5.58. The summed E-state index contributed by atoms with van der Waals surface area (Å²) >= 11 is 0. The first kappa shape index (κ1) is 24.3. The standard InChI is InChI=1S/C19H30N2O2.C2HF3O2/c1-22-18-9-5-8-17(19(18)23-2)15-21-12-10-20(11-13-21)14-16-6-3-4-7-16;3-2(4,5)1(6)7/h5,8-9,16H,3-4,6-7,10-15H2,1-2H3;(H,6,7). The maximum absolute atomic E-state index is 10.6. The predicted molar refractivity (Wildman–Crippen MR) is 107 cm³/mol. The summed E-state index contributed by atoms with van der Waals surface area (Å²) in [4.78, 5) is 14.1. The Bertz CT molecular complexity index is 671. The molecule has 2 fully saturated rings. The topological polar surface area (TPSA) is 62.2 Å². The Morgan fingerprint density at radius 3 is 2.13 bits per heavy atom. The number of hydrogen-bond donors (Lipinski definition) is 1. The normalized spacial score (nSPS) is 18.6. The molecular weight excluding hydrogens is 401 g/mol. The van der Waals surface area contributed by atoms with Crippen molar-refractivity contribution in [1.29, 1.82) is 0 Å². The number of piperazine rings is 1. The smallest absolute Gasteiger partial charge is 0.490 e. The summed E-state index contributed by atoms with van der Waals surface area (Å²) in [6.45, 7) is 6.94. The quantitative estimate of drug-likeness (QED) is 0.741. The van der Waals surface area contributed by atoms with Crippen LogP contribution in [-0.4, -0.2) is 74.0 Å². The fourth-order valence-electron chi connectivity index (χ4n) is 4.01. The Kier molecular flexibility index (Phi) is 9.23. The number of halogens is 3. The van der Waals surface area contributed by atoms with E-state index in [1.54, 1.807) is 14.2 Å². The Morgan fingerprint density at radius 1 is 1.07 bits per heavy atom. The molecule has 3 rings (SSSR count). The molecule has 30 heavy (non-hydrogen) atoms. The molecule has 1 aliphatic heterocycles. The molecule has 1 aromatic carbocycles. The van der Waals surface area contributed by atoms with Crippen LogP contribution in [-0.2, 0) is 11.3 Å². The molecule has 2 aliphatic rings. The predicted octanol–water partition coefficient (Wildman–Crippen LogP) is 3.64. The number of benzene rings is 1. The van der Waals surface area contributed by atoms with E-state index in [-0.39, 0.29) is 0 Å². The monoisotopic (exact) mass is 432 g/mol. The van der Waals surface area contributed by atoms with Gasteiger partial charge in [-0.3, -0.25) is 4.90 Å². The minimum absolute atomic E-state index is 0.824. The molecule has 1 saturated heterocycles. The molecule has 0 unspecified atom stereocenters. The zero-order valence-corrected chi connectivity index (χ0v) is 17.6. The van der Waals surface area contributed by atoms with Crippen LogP contribution in [0.2, 0.25) is 0 Å². The van der Waals surface area contributed by atoms with E-state index < -0.39 is 12.1 Å². The fraction of sp³-hybridized carbons (Fsp3) is 0.667. The van der Waals surface area contributed by atoms with Crippen molar-refractivity contribution in [2.24, 2.45) is 5.92 Å². The molecule has 0 atom stereocenters. The van der Waals surface area contributed by atoms with E-state index in [1.165, 1.54) is 50.9 Å². The molecule has 0 amide bonds. The highest BCUT2D eigenvalue weighted by molar-refractivity contribution is 5.73. The lowest BCUT2D eigenvalue weighted by atomic mass is 10.1. The van der Waals surface area contributed by atoms with Crippen LogP contribution in [0, 0.1) is 5.92 Å². The largest absolute Gasteiger partial charge is 0.493 e. The van der Waals surface area contributed by atoms with Crippen LogP contribution in [0.25, 0.3) is 0 Å². The maximum Gasteiger partial charge on any atom is 0.490 e. The average Bonchev–Trinajstić information content (AvgIpc) is 3.22. The number of methoxy groups -OCH3 is 2. The summed E-state index contributed by atoms with van der Waals surface area (Å²) in [5, 5.41) is 7.12. The van der Waals surface area contributed by atoms with E-state index in [2.05, 4.69) is 15.9 Å². The van der Waals surface area contributed by atoms with E-state index in [4.69, 9.17) is 19.4 Å². The molecule has 1 aromatic rings. The number of aliphatic carboxylic acids is 1. The van der Waals surface area contributed by atoms with Gasteiger partial charge in [-0.15, -0.1) is 0 Å². The lowest BCUT2D eigenvalue weighted by Gasteiger charge is -2.36. The third kappa shape index (κ3) is 7.36. The second-order valence-corrected chi connectivity index (χ2v) is 7.68. The lowest BCUT2D eigenvalue weighted by molar-refractivity contribution is -0.192. The van der Waals surface area contributed by atoms with Crippen molar-refractivity contribution in [3.05, 3.63) is 23.8 Å². The van der Waals surface area contributed by atoms with Crippen molar-refractivity contribution in [2.75, 3.05) is 46.9 Å². The highest BCUT2D eigenvalue weighted by atomic mass is 19.4. The van der Waals surface area contributed by atoms with Gasteiger partial charge in [-0.05, 0) is 24.8 Å². The third-order valence-corrected chi connectivity index (χ3v) is 5.58. The van der Waals surface area contributed by atoms with Crippen LogP contribution >= 0.6 is 0 Å². The molecule has 1 aliphatic carbocycles.